The van der Waals surface area contributed by atoms with Crippen molar-refractivity contribution in [1.29, 1.82) is 0 Å². The average molecular weight is 289 g/mol. The van der Waals surface area contributed by atoms with Crippen molar-refractivity contribution in [2.45, 2.75) is 19.6 Å². The molecule has 110 valence electrons. The Morgan fingerprint density at radius 3 is 2.62 bits per heavy atom. The molecule has 0 saturated heterocycles. The Kier molecular flexibility index (Phi) is 4.62. The number of carboxylic acids is 1. The van der Waals surface area contributed by atoms with Crippen LogP contribution in [-0.4, -0.2) is 32.0 Å². The number of carboxylic acid groups (broad SMARTS) is 1. The number of nitrogens with zero attached hydrogens (tertiary/aromatic N) is 3. The first-order chi connectivity index (χ1) is 10.1. The van der Waals surface area contributed by atoms with Gasteiger partial charge in [0.1, 0.15) is 12.2 Å². The van der Waals surface area contributed by atoms with E-state index in [9.17, 15) is 9.59 Å². The van der Waals surface area contributed by atoms with Crippen molar-refractivity contribution in [3.8, 4) is 0 Å². The van der Waals surface area contributed by atoms with E-state index in [-0.39, 0.29) is 19.0 Å². The summed E-state index contributed by atoms with van der Waals surface area (Å²) in [4.78, 5) is 22.4. The molecular formula is C13H15N5O3. The van der Waals surface area contributed by atoms with Crippen LogP contribution in [0.4, 0.5) is 0 Å². The second-order valence-electron chi connectivity index (χ2n) is 4.38. The van der Waals surface area contributed by atoms with Crippen LogP contribution in [0.3, 0.4) is 0 Å². The van der Waals surface area contributed by atoms with Crippen LogP contribution in [0, 0.1) is 0 Å². The molecule has 4 N–H and O–H groups in total. The maximum absolute atomic E-state index is 11.9. The highest BCUT2D eigenvalue weighted by Crippen LogP contribution is 2.04. The summed E-state index contributed by atoms with van der Waals surface area (Å²) in [7, 11) is 0. The Labute approximate surface area is 120 Å². The topological polar surface area (TPSA) is 123 Å². The smallest absolute Gasteiger partial charge is 0.325 e. The summed E-state index contributed by atoms with van der Waals surface area (Å²) in [5.41, 5.74) is 7.44. The van der Waals surface area contributed by atoms with Gasteiger partial charge >= 0.3 is 5.97 Å². The fraction of sp³-hybridized carbons (Fsp3) is 0.231. The highest BCUT2D eigenvalue weighted by molar-refractivity contribution is 5.94. The number of rotatable bonds is 6. The van der Waals surface area contributed by atoms with Gasteiger partial charge in [-0.2, -0.15) is 0 Å². The number of aromatic nitrogens is 3. The molecule has 8 nitrogen and oxygen atoms in total. The van der Waals surface area contributed by atoms with E-state index in [0.29, 0.717) is 17.8 Å². The fourth-order valence-electron chi connectivity index (χ4n) is 1.70. The number of carbonyl (C=O) groups excluding carboxylic acids is 1. The number of hydrogen-bond acceptors (Lipinski definition) is 5. The van der Waals surface area contributed by atoms with Crippen molar-refractivity contribution in [2.75, 3.05) is 0 Å². The second kappa shape index (κ2) is 6.62. The van der Waals surface area contributed by atoms with E-state index in [1.165, 1.54) is 10.9 Å². The van der Waals surface area contributed by atoms with Crippen molar-refractivity contribution in [2.24, 2.45) is 5.73 Å². The Morgan fingerprint density at radius 2 is 2.00 bits per heavy atom. The van der Waals surface area contributed by atoms with Crippen molar-refractivity contribution >= 4 is 11.9 Å². The molecule has 0 aliphatic heterocycles. The monoisotopic (exact) mass is 289 g/mol. The van der Waals surface area contributed by atoms with Gasteiger partial charge in [-0.1, -0.05) is 17.3 Å². The number of benzene rings is 1. The molecule has 1 heterocycles. The first-order valence-electron chi connectivity index (χ1n) is 6.26. The lowest BCUT2D eigenvalue weighted by atomic mass is 10.1. The van der Waals surface area contributed by atoms with Crippen molar-refractivity contribution in [3.63, 3.8) is 0 Å². The Hall–Kier alpha value is -2.74. The van der Waals surface area contributed by atoms with Crippen LogP contribution in [0.2, 0.25) is 0 Å². The minimum absolute atomic E-state index is 0.178. The van der Waals surface area contributed by atoms with E-state index in [2.05, 4.69) is 15.6 Å². The fourth-order valence-corrected chi connectivity index (χ4v) is 1.70. The predicted octanol–water partition coefficient (Wildman–Crippen LogP) is -0.249. The van der Waals surface area contributed by atoms with Gasteiger partial charge in [-0.25, -0.2) is 4.68 Å². The number of nitrogens with one attached hydrogen (secondary N) is 1. The molecule has 0 spiro atoms. The Balaban J connectivity index is 1.91. The summed E-state index contributed by atoms with van der Waals surface area (Å²) in [6, 6.07) is 6.97. The Morgan fingerprint density at radius 1 is 1.29 bits per heavy atom. The maximum Gasteiger partial charge on any atom is 0.325 e. The second-order valence-corrected chi connectivity index (χ2v) is 4.38. The molecule has 0 aliphatic carbocycles. The first-order valence-corrected chi connectivity index (χ1v) is 6.26. The molecule has 0 aliphatic rings. The van der Waals surface area contributed by atoms with E-state index in [4.69, 9.17) is 10.8 Å². The summed E-state index contributed by atoms with van der Waals surface area (Å²) < 4.78 is 1.19. The van der Waals surface area contributed by atoms with Gasteiger partial charge < -0.3 is 16.2 Å². The molecule has 2 aromatic rings. The molecule has 1 aromatic carbocycles. The van der Waals surface area contributed by atoms with E-state index in [1.54, 1.807) is 24.3 Å². The lowest BCUT2D eigenvalue weighted by molar-refractivity contribution is -0.137. The Bertz CT molecular complexity index is 636. The molecule has 0 atom stereocenters. The molecule has 8 heteroatoms. The number of hydrogen-bond donors (Lipinski definition) is 3. The van der Waals surface area contributed by atoms with Gasteiger partial charge in [0.2, 0.25) is 0 Å². The summed E-state index contributed by atoms with van der Waals surface area (Å²) in [5.74, 6) is -1.25. The van der Waals surface area contributed by atoms with Crippen molar-refractivity contribution < 1.29 is 14.7 Å². The van der Waals surface area contributed by atoms with Crippen molar-refractivity contribution in [1.82, 2.24) is 20.3 Å². The molecule has 0 unspecified atom stereocenters. The zero-order valence-corrected chi connectivity index (χ0v) is 11.2. The van der Waals surface area contributed by atoms with E-state index >= 15 is 0 Å². The van der Waals surface area contributed by atoms with Crippen LogP contribution in [0.15, 0.2) is 30.5 Å². The van der Waals surface area contributed by atoms with Gasteiger partial charge in [-0.15, -0.1) is 5.10 Å². The normalized spacial score (nSPS) is 10.3. The number of aliphatic carboxylic acids is 1. The van der Waals surface area contributed by atoms with Crippen molar-refractivity contribution in [3.05, 3.63) is 47.3 Å². The quantitative estimate of drug-likeness (QED) is 0.674. The molecule has 0 radical (unpaired) electrons. The third-order valence-corrected chi connectivity index (χ3v) is 2.77. The van der Waals surface area contributed by atoms with E-state index in [1.807, 2.05) is 0 Å². The van der Waals surface area contributed by atoms with Crippen LogP contribution >= 0.6 is 0 Å². The van der Waals surface area contributed by atoms with Gasteiger partial charge in [0.25, 0.3) is 5.91 Å². The number of nitrogens with two attached hydrogens (primary N) is 1. The van der Waals surface area contributed by atoms with Gasteiger partial charge in [-0.3, -0.25) is 9.59 Å². The highest BCUT2D eigenvalue weighted by Gasteiger charge is 2.08. The number of amides is 1. The molecule has 0 fully saturated rings. The minimum Gasteiger partial charge on any atom is -0.480 e. The van der Waals surface area contributed by atoms with Crippen LogP contribution in [0.5, 0.6) is 0 Å². The van der Waals surface area contributed by atoms with Gasteiger partial charge in [0, 0.05) is 12.1 Å². The molecule has 2 rings (SSSR count). The van der Waals surface area contributed by atoms with Gasteiger partial charge in [0.15, 0.2) is 0 Å². The van der Waals surface area contributed by atoms with Crippen LogP contribution < -0.4 is 11.1 Å². The predicted molar refractivity (Wildman–Crippen MR) is 73.2 cm³/mol. The molecule has 1 amide bonds. The maximum atomic E-state index is 11.9. The summed E-state index contributed by atoms with van der Waals surface area (Å²) in [6.45, 7) is 0.340. The van der Waals surface area contributed by atoms with Crippen LogP contribution in [-0.2, 0) is 24.4 Å². The standard InChI is InChI=1S/C13H15N5O3/c14-5-9-1-3-10(4-2-9)13(21)15-6-11-7-18(17-16-11)8-12(19)20/h1-4,7H,5-6,8,14H2,(H,15,21)(H,19,20). The highest BCUT2D eigenvalue weighted by atomic mass is 16.4. The number of carbonyl (C=O) groups is 2. The van der Waals surface area contributed by atoms with E-state index < -0.39 is 5.97 Å². The van der Waals surface area contributed by atoms with Crippen LogP contribution in [0.1, 0.15) is 21.6 Å². The summed E-state index contributed by atoms with van der Waals surface area (Å²) >= 11 is 0. The summed E-state index contributed by atoms with van der Waals surface area (Å²) in [6.07, 6.45) is 1.48. The lowest BCUT2D eigenvalue weighted by Gasteiger charge is -2.03. The third-order valence-electron chi connectivity index (χ3n) is 2.77. The minimum atomic E-state index is -1.00. The molecule has 21 heavy (non-hydrogen) atoms. The largest absolute Gasteiger partial charge is 0.480 e. The van der Waals surface area contributed by atoms with Gasteiger partial charge in [-0.05, 0) is 17.7 Å². The SMILES string of the molecule is NCc1ccc(C(=O)NCc2cn(CC(=O)O)nn2)cc1. The zero-order valence-electron chi connectivity index (χ0n) is 11.2. The zero-order chi connectivity index (χ0) is 15.2. The molecule has 0 saturated carbocycles. The van der Waals surface area contributed by atoms with Crippen LogP contribution in [0.25, 0.3) is 0 Å². The molecule has 0 bridgehead atoms. The summed E-state index contributed by atoms with van der Waals surface area (Å²) in [5, 5.41) is 18.7. The van der Waals surface area contributed by atoms with Gasteiger partial charge in [0.05, 0.1) is 12.7 Å². The lowest BCUT2D eigenvalue weighted by Crippen LogP contribution is -2.23. The average Bonchev–Trinajstić information content (AvgIpc) is 2.91. The third kappa shape index (κ3) is 4.11. The van der Waals surface area contributed by atoms with E-state index in [0.717, 1.165) is 5.56 Å². The molecule has 1 aromatic heterocycles. The first kappa shape index (κ1) is 14.7. The molecular weight excluding hydrogens is 274 g/mol.